The number of rotatable bonds is 6. The number of hydrogen-bond donors (Lipinski definition) is 1. The lowest BCUT2D eigenvalue weighted by atomic mass is 10.2. The predicted octanol–water partition coefficient (Wildman–Crippen LogP) is 1.52. The van der Waals surface area contributed by atoms with Gasteiger partial charge in [0.25, 0.3) is 0 Å². The van der Waals surface area contributed by atoms with Crippen LogP contribution in [-0.2, 0) is 19.4 Å². The molecule has 1 aromatic rings. The van der Waals surface area contributed by atoms with Crippen LogP contribution in [0.25, 0.3) is 0 Å². The molecule has 0 aliphatic rings. The van der Waals surface area contributed by atoms with Gasteiger partial charge in [0.1, 0.15) is 11.4 Å². The molecule has 0 saturated heterocycles. The molecule has 17 heavy (non-hydrogen) atoms. The number of hydrogen-bond acceptors (Lipinski definition) is 4. The van der Waals surface area contributed by atoms with E-state index in [-0.39, 0.29) is 18.1 Å². The highest BCUT2D eigenvalue weighted by molar-refractivity contribution is 6.18. The molecule has 1 atom stereocenters. The zero-order valence-electron chi connectivity index (χ0n) is 9.89. The molecule has 0 saturated carbocycles. The number of nitro groups is 1. The SMILES string of the molecule is CCc1nn(CC(O)CCl)c(CC)c1[N+](=O)[O-]. The summed E-state index contributed by atoms with van der Waals surface area (Å²) < 4.78 is 1.49. The topological polar surface area (TPSA) is 81.2 Å². The van der Waals surface area contributed by atoms with E-state index in [9.17, 15) is 15.2 Å². The van der Waals surface area contributed by atoms with Crippen molar-refractivity contribution in [2.75, 3.05) is 5.88 Å². The van der Waals surface area contributed by atoms with Gasteiger partial charge < -0.3 is 5.11 Å². The summed E-state index contributed by atoms with van der Waals surface area (Å²) in [5.41, 5.74) is 1.06. The van der Waals surface area contributed by atoms with Crippen molar-refractivity contribution in [3.63, 3.8) is 0 Å². The molecule has 1 aromatic heterocycles. The highest BCUT2D eigenvalue weighted by Gasteiger charge is 2.25. The first-order valence-corrected chi connectivity index (χ1v) is 6.05. The molecule has 0 fully saturated rings. The van der Waals surface area contributed by atoms with Gasteiger partial charge in [0.2, 0.25) is 0 Å². The van der Waals surface area contributed by atoms with E-state index in [1.807, 2.05) is 13.8 Å². The van der Waals surface area contributed by atoms with Crippen molar-refractivity contribution in [3.8, 4) is 0 Å². The highest BCUT2D eigenvalue weighted by Crippen LogP contribution is 2.24. The molecular formula is C10H16ClN3O3. The number of alkyl halides is 1. The van der Waals surface area contributed by atoms with Crippen LogP contribution >= 0.6 is 11.6 Å². The second-order valence-electron chi connectivity index (χ2n) is 3.70. The van der Waals surface area contributed by atoms with Crippen LogP contribution < -0.4 is 0 Å². The summed E-state index contributed by atoms with van der Waals surface area (Å²) in [5.74, 6) is 0.0816. The zero-order chi connectivity index (χ0) is 13.0. The third-order valence-electron chi connectivity index (χ3n) is 2.51. The Bertz CT molecular complexity index is 406. The van der Waals surface area contributed by atoms with Gasteiger partial charge in [-0.2, -0.15) is 5.10 Å². The Kier molecular flexibility index (Phi) is 4.89. The summed E-state index contributed by atoms with van der Waals surface area (Å²) in [7, 11) is 0. The van der Waals surface area contributed by atoms with Gasteiger partial charge in [-0.25, -0.2) is 0 Å². The van der Waals surface area contributed by atoms with E-state index in [1.165, 1.54) is 4.68 Å². The normalized spacial score (nSPS) is 12.7. The number of aliphatic hydroxyl groups excluding tert-OH is 1. The van der Waals surface area contributed by atoms with E-state index in [1.54, 1.807) is 0 Å². The maximum absolute atomic E-state index is 11.0. The Balaban J connectivity index is 3.17. The fourth-order valence-electron chi connectivity index (χ4n) is 1.74. The largest absolute Gasteiger partial charge is 0.390 e. The minimum atomic E-state index is -0.744. The molecule has 0 amide bonds. The van der Waals surface area contributed by atoms with Crippen molar-refractivity contribution in [3.05, 3.63) is 21.5 Å². The average molecular weight is 262 g/mol. The Morgan fingerprint density at radius 1 is 1.53 bits per heavy atom. The van der Waals surface area contributed by atoms with Crippen molar-refractivity contribution >= 4 is 17.3 Å². The minimum absolute atomic E-state index is 0.0665. The number of aromatic nitrogens is 2. The van der Waals surface area contributed by atoms with Crippen LogP contribution in [-0.4, -0.2) is 31.8 Å². The first kappa shape index (κ1) is 13.9. The summed E-state index contributed by atoms with van der Waals surface area (Å²) in [6, 6.07) is 0. The lowest BCUT2D eigenvalue weighted by Gasteiger charge is -2.08. The van der Waals surface area contributed by atoms with Crippen LogP contribution in [0.3, 0.4) is 0 Å². The van der Waals surface area contributed by atoms with Crippen molar-refractivity contribution in [2.24, 2.45) is 0 Å². The fraction of sp³-hybridized carbons (Fsp3) is 0.700. The number of halogens is 1. The summed E-state index contributed by atoms with van der Waals surface area (Å²) in [6.07, 6.45) is 0.247. The molecular weight excluding hydrogens is 246 g/mol. The van der Waals surface area contributed by atoms with Crippen molar-refractivity contribution in [2.45, 2.75) is 39.3 Å². The second kappa shape index (κ2) is 5.97. The van der Waals surface area contributed by atoms with E-state index < -0.39 is 11.0 Å². The summed E-state index contributed by atoms with van der Waals surface area (Å²) in [5, 5.41) is 24.6. The first-order chi connectivity index (χ1) is 8.04. The molecule has 1 rings (SSSR count). The third kappa shape index (κ3) is 2.95. The molecule has 1 N–H and O–H groups in total. The lowest BCUT2D eigenvalue weighted by Crippen LogP contribution is -2.20. The van der Waals surface area contributed by atoms with Crippen LogP contribution in [0, 0.1) is 10.1 Å². The van der Waals surface area contributed by atoms with E-state index in [0.29, 0.717) is 24.2 Å². The summed E-state index contributed by atoms with van der Waals surface area (Å²) in [4.78, 5) is 10.6. The van der Waals surface area contributed by atoms with Gasteiger partial charge in [0.05, 0.1) is 23.5 Å². The molecule has 0 aliphatic carbocycles. The molecule has 0 spiro atoms. The molecule has 6 nitrogen and oxygen atoms in total. The predicted molar refractivity (Wildman–Crippen MR) is 64.4 cm³/mol. The maximum atomic E-state index is 11.0. The quantitative estimate of drug-likeness (QED) is 0.478. The number of nitrogens with zero attached hydrogens (tertiary/aromatic N) is 3. The van der Waals surface area contributed by atoms with Gasteiger partial charge in [0, 0.05) is 0 Å². The molecule has 0 bridgehead atoms. The van der Waals surface area contributed by atoms with Crippen LogP contribution in [0.1, 0.15) is 25.2 Å². The zero-order valence-corrected chi connectivity index (χ0v) is 10.6. The van der Waals surface area contributed by atoms with Gasteiger partial charge in [-0.15, -0.1) is 11.6 Å². The van der Waals surface area contributed by atoms with Crippen LogP contribution in [0.4, 0.5) is 5.69 Å². The van der Waals surface area contributed by atoms with Gasteiger partial charge in [-0.05, 0) is 12.8 Å². The Morgan fingerprint density at radius 2 is 2.18 bits per heavy atom. The van der Waals surface area contributed by atoms with Crippen LogP contribution in [0.2, 0.25) is 0 Å². The van der Waals surface area contributed by atoms with E-state index in [2.05, 4.69) is 5.10 Å². The van der Waals surface area contributed by atoms with E-state index in [0.717, 1.165) is 0 Å². The summed E-state index contributed by atoms with van der Waals surface area (Å²) >= 11 is 5.52. The van der Waals surface area contributed by atoms with Gasteiger partial charge in [0.15, 0.2) is 0 Å². The monoisotopic (exact) mass is 261 g/mol. The van der Waals surface area contributed by atoms with Crippen molar-refractivity contribution in [1.82, 2.24) is 9.78 Å². The molecule has 1 unspecified atom stereocenters. The van der Waals surface area contributed by atoms with Crippen molar-refractivity contribution in [1.29, 1.82) is 0 Å². The standard InChI is InChI=1S/C10H16ClN3O3/c1-3-8-10(14(16)17)9(4-2)13(12-8)6-7(15)5-11/h7,15H,3-6H2,1-2H3. The maximum Gasteiger partial charge on any atom is 0.313 e. The van der Waals surface area contributed by atoms with Crippen LogP contribution in [0.5, 0.6) is 0 Å². The van der Waals surface area contributed by atoms with E-state index in [4.69, 9.17) is 11.6 Å². The van der Waals surface area contributed by atoms with E-state index >= 15 is 0 Å². The third-order valence-corrected chi connectivity index (χ3v) is 2.87. The molecule has 0 radical (unpaired) electrons. The fourth-order valence-corrected chi connectivity index (χ4v) is 1.84. The number of aliphatic hydroxyl groups is 1. The molecule has 1 heterocycles. The Morgan fingerprint density at radius 3 is 2.59 bits per heavy atom. The molecule has 0 aliphatic heterocycles. The van der Waals surface area contributed by atoms with Gasteiger partial charge in [-0.1, -0.05) is 13.8 Å². The lowest BCUT2D eigenvalue weighted by molar-refractivity contribution is -0.386. The molecule has 0 aromatic carbocycles. The first-order valence-electron chi connectivity index (χ1n) is 5.52. The summed E-state index contributed by atoms with van der Waals surface area (Å²) in [6.45, 7) is 3.83. The highest BCUT2D eigenvalue weighted by atomic mass is 35.5. The molecule has 96 valence electrons. The van der Waals surface area contributed by atoms with Gasteiger partial charge in [-0.3, -0.25) is 14.8 Å². The van der Waals surface area contributed by atoms with Crippen LogP contribution in [0.15, 0.2) is 0 Å². The van der Waals surface area contributed by atoms with Gasteiger partial charge >= 0.3 is 5.69 Å². The molecule has 7 heteroatoms. The second-order valence-corrected chi connectivity index (χ2v) is 4.01. The smallest absolute Gasteiger partial charge is 0.313 e. The average Bonchev–Trinajstić information content (AvgIpc) is 2.66. The Labute approximate surface area is 104 Å². The Hall–Kier alpha value is -1.14. The minimum Gasteiger partial charge on any atom is -0.390 e. The number of aryl methyl sites for hydroxylation is 1. The van der Waals surface area contributed by atoms with Crippen molar-refractivity contribution < 1.29 is 10.0 Å².